The van der Waals surface area contributed by atoms with E-state index >= 15 is 0 Å². The van der Waals surface area contributed by atoms with Crippen molar-refractivity contribution in [2.75, 3.05) is 0 Å². The zero-order valence-corrected chi connectivity index (χ0v) is 4.76. The van der Waals surface area contributed by atoms with Crippen molar-refractivity contribution < 1.29 is 4.79 Å². The zero-order chi connectivity index (χ0) is 6.85. The van der Waals surface area contributed by atoms with Crippen molar-refractivity contribution in [1.82, 2.24) is 15.4 Å². The number of carbonyl (C=O) groups is 1. The van der Waals surface area contributed by atoms with E-state index in [-0.39, 0.29) is 11.5 Å². The first-order valence-electron chi connectivity index (χ1n) is 2.36. The monoisotopic (exact) mass is 127 g/mol. The SMILES string of the molecule is CC(=O)c1n[nH][nH]c1=O. The summed E-state index contributed by atoms with van der Waals surface area (Å²) in [5.74, 6) is -0.336. The molecule has 5 heteroatoms. The van der Waals surface area contributed by atoms with E-state index in [9.17, 15) is 9.59 Å². The van der Waals surface area contributed by atoms with E-state index in [1.165, 1.54) is 6.92 Å². The Morgan fingerprint density at radius 3 is 2.56 bits per heavy atom. The van der Waals surface area contributed by atoms with Gasteiger partial charge in [-0.1, -0.05) is 0 Å². The van der Waals surface area contributed by atoms with Crippen LogP contribution in [0, 0.1) is 0 Å². The van der Waals surface area contributed by atoms with Gasteiger partial charge in [0.05, 0.1) is 0 Å². The number of aromatic nitrogens is 3. The van der Waals surface area contributed by atoms with E-state index in [2.05, 4.69) is 15.4 Å². The molecule has 2 N–H and O–H groups in total. The Morgan fingerprint density at radius 2 is 2.33 bits per heavy atom. The number of Topliss-reactive ketones (excluding diaryl/α,β-unsaturated/α-hetero) is 1. The molecule has 0 aliphatic rings. The molecule has 0 spiro atoms. The molecule has 0 fully saturated rings. The Kier molecular flexibility index (Phi) is 1.18. The molecule has 48 valence electrons. The van der Waals surface area contributed by atoms with Crippen molar-refractivity contribution in [2.45, 2.75) is 6.92 Å². The average molecular weight is 127 g/mol. The van der Waals surface area contributed by atoms with Crippen molar-refractivity contribution in [3.05, 3.63) is 16.0 Å². The van der Waals surface area contributed by atoms with Gasteiger partial charge in [-0.3, -0.25) is 9.59 Å². The molecule has 1 heterocycles. The average Bonchev–Trinajstić information content (AvgIpc) is 2.13. The summed E-state index contributed by atoms with van der Waals surface area (Å²) in [5.41, 5.74) is -0.544. The summed E-state index contributed by atoms with van der Waals surface area (Å²) < 4.78 is 0. The topological polar surface area (TPSA) is 78.6 Å². The van der Waals surface area contributed by atoms with E-state index < -0.39 is 5.56 Å². The van der Waals surface area contributed by atoms with Crippen LogP contribution in [0.1, 0.15) is 17.4 Å². The van der Waals surface area contributed by atoms with Gasteiger partial charge in [0.25, 0.3) is 5.56 Å². The number of ketones is 1. The minimum absolute atomic E-state index is 0.0741. The van der Waals surface area contributed by atoms with Crippen LogP contribution in [-0.2, 0) is 0 Å². The minimum atomic E-state index is -0.470. The highest BCUT2D eigenvalue weighted by Crippen LogP contribution is 1.79. The summed E-state index contributed by atoms with van der Waals surface area (Å²) in [6.07, 6.45) is 0. The van der Waals surface area contributed by atoms with Gasteiger partial charge >= 0.3 is 0 Å². The fraction of sp³-hybridized carbons (Fsp3) is 0.250. The van der Waals surface area contributed by atoms with E-state index in [0.29, 0.717) is 0 Å². The van der Waals surface area contributed by atoms with Crippen LogP contribution in [0.3, 0.4) is 0 Å². The van der Waals surface area contributed by atoms with E-state index in [4.69, 9.17) is 0 Å². The zero-order valence-electron chi connectivity index (χ0n) is 4.76. The Morgan fingerprint density at radius 1 is 1.67 bits per heavy atom. The number of hydrogen-bond acceptors (Lipinski definition) is 3. The summed E-state index contributed by atoms with van der Waals surface area (Å²) in [6, 6.07) is 0. The fourth-order valence-corrected chi connectivity index (χ4v) is 0.483. The second-order valence-corrected chi connectivity index (χ2v) is 1.58. The summed E-state index contributed by atoms with van der Waals surface area (Å²) in [7, 11) is 0. The molecular weight excluding hydrogens is 122 g/mol. The van der Waals surface area contributed by atoms with Crippen molar-refractivity contribution in [1.29, 1.82) is 0 Å². The van der Waals surface area contributed by atoms with Gasteiger partial charge in [0.1, 0.15) is 0 Å². The summed E-state index contributed by atoms with van der Waals surface area (Å²) in [5, 5.41) is 7.68. The largest absolute Gasteiger partial charge is 0.295 e. The van der Waals surface area contributed by atoms with Gasteiger partial charge in [-0.15, -0.1) is 0 Å². The molecule has 1 aromatic rings. The number of H-pyrrole nitrogens is 2. The number of nitrogens with zero attached hydrogens (tertiary/aromatic N) is 1. The van der Waals surface area contributed by atoms with Crippen molar-refractivity contribution in [3.8, 4) is 0 Å². The van der Waals surface area contributed by atoms with Crippen LogP contribution in [0.25, 0.3) is 0 Å². The van der Waals surface area contributed by atoms with Gasteiger partial charge < -0.3 is 0 Å². The maximum absolute atomic E-state index is 10.5. The van der Waals surface area contributed by atoms with Crippen LogP contribution >= 0.6 is 0 Å². The van der Waals surface area contributed by atoms with Gasteiger partial charge in [0.15, 0.2) is 11.5 Å². The normalized spacial score (nSPS) is 9.44. The van der Waals surface area contributed by atoms with Gasteiger partial charge in [-0.05, 0) is 0 Å². The van der Waals surface area contributed by atoms with Gasteiger partial charge in [0.2, 0.25) is 0 Å². The van der Waals surface area contributed by atoms with Crippen LogP contribution in [0.4, 0.5) is 0 Å². The molecule has 0 saturated heterocycles. The number of nitrogens with one attached hydrogen (secondary N) is 2. The van der Waals surface area contributed by atoms with E-state index in [0.717, 1.165) is 0 Å². The molecule has 0 amide bonds. The molecule has 0 saturated carbocycles. The summed E-state index contributed by atoms with van der Waals surface area (Å²) in [6.45, 7) is 1.28. The van der Waals surface area contributed by atoms with Gasteiger partial charge in [-0.2, -0.15) is 5.10 Å². The van der Waals surface area contributed by atoms with Gasteiger partial charge in [-0.25, -0.2) is 10.3 Å². The third kappa shape index (κ3) is 0.883. The Bertz CT molecular complexity index is 271. The lowest BCUT2D eigenvalue weighted by Crippen LogP contribution is -2.10. The maximum atomic E-state index is 10.5. The first kappa shape index (κ1) is 5.74. The standard InChI is InChI=1S/C4H5N3O2/c1-2(8)3-4(9)6-7-5-3/h1H3,(H2,5,6,7,9). The van der Waals surface area contributed by atoms with Crippen molar-refractivity contribution in [3.63, 3.8) is 0 Å². The third-order valence-corrected chi connectivity index (χ3v) is 0.886. The Labute approximate surface area is 50.1 Å². The number of aromatic amines is 2. The lowest BCUT2D eigenvalue weighted by Gasteiger charge is -1.75. The van der Waals surface area contributed by atoms with Crippen molar-refractivity contribution in [2.24, 2.45) is 0 Å². The molecule has 0 atom stereocenters. The molecule has 0 bridgehead atoms. The van der Waals surface area contributed by atoms with Crippen LogP contribution in [0.2, 0.25) is 0 Å². The van der Waals surface area contributed by atoms with Gasteiger partial charge in [0, 0.05) is 6.92 Å². The molecule has 1 aromatic heterocycles. The smallest absolute Gasteiger partial charge is 0.292 e. The molecule has 0 radical (unpaired) electrons. The van der Waals surface area contributed by atoms with Crippen molar-refractivity contribution >= 4 is 5.78 Å². The lowest BCUT2D eigenvalue weighted by molar-refractivity contribution is 0.101. The predicted molar refractivity (Wildman–Crippen MR) is 29.2 cm³/mol. The second kappa shape index (κ2) is 1.85. The summed E-state index contributed by atoms with van der Waals surface area (Å²) >= 11 is 0. The van der Waals surface area contributed by atoms with E-state index in [1.54, 1.807) is 0 Å². The number of hydrogen-bond donors (Lipinski definition) is 2. The number of carbonyl (C=O) groups excluding carboxylic acids is 1. The molecule has 0 aliphatic carbocycles. The van der Waals surface area contributed by atoms with Crippen LogP contribution in [0.15, 0.2) is 4.79 Å². The Balaban J connectivity index is 3.24. The number of rotatable bonds is 1. The minimum Gasteiger partial charge on any atom is -0.292 e. The third-order valence-electron chi connectivity index (χ3n) is 0.886. The quantitative estimate of drug-likeness (QED) is 0.489. The first-order valence-corrected chi connectivity index (χ1v) is 2.36. The second-order valence-electron chi connectivity index (χ2n) is 1.58. The molecule has 5 nitrogen and oxygen atoms in total. The molecule has 9 heavy (non-hydrogen) atoms. The molecular formula is C4H5N3O2. The van der Waals surface area contributed by atoms with E-state index in [1.807, 2.05) is 0 Å². The highest BCUT2D eigenvalue weighted by Gasteiger charge is 2.05. The maximum Gasteiger partial charge on any atom is 0.295 e. The molecule has 0 aliphatic heterocycles. The fourth-order valence-electron chi connectivity index (χ4n) is 0.483. The van der Waals surface area contributed by atoms with Crippen LogP contribution < -0.4 is 5.56 Å². The molecule has 0 unspecified atom stereocenters. The molecule has 0 aromatic carbocycles. The van der Waals surface area contributed by atoms with Crippen LogP contribution in [-0.4, -0.2) is 21.2 Å². The lowest BCUT2D eigenvalue weighted by atomic mass is 10.3. The van der Waals surface area contributed by atoms with Crippen LogP contribution in [0.5, 0.6) is 0 Å². The first-order chi connectivity index (χ1) is 4.22. The highest BCUT2D eigenvalue weighted by atomic mass is 16.2. The molecule has 1 rings (SSSR count). The highest BCUT2D eigenvalue weighted by molar-refractivity contribution is 5.91. The summed E-state index contributed by atoms with van der Waals surface area (Å²) in [4.78, 5) is 20.9. The predicted octanol–water partition coefficient (Wildman–Crippen LogP) is -0.699. The Hall–Kier alpha value is -1.39.